The minimum Gasteiger partial charge on any atom is -0.299 e. The average molecular weight is 266 g/mol. The molecular formula is C10H20BrNS. The van der Waals surface area contributed by atoms with Crippen LogP contribution in [-0.2, 0) is 0 Å². The molecule has 1 saturated heterocycles. The van der Waals surface area contributed by atoms with Crippen molar-refractivity contribution >= 4 is 27.7 Å². The van der Waals surface area contributed by atoms with E-state index in [-0.39, 0.29) is 0 Å². The van der Waals surface area contributed by atoms with Crippen LogP contribution in [0.15, 0.2) is 0 Å². The molecule has 1 heterocycles. The lowest BCUT2D eigenvalue weighted by Gasteiger charge is -2.32. The maximum Gasteiger partial charge on any atom is 0.0158 e. The van der Waals surface area contributed by atoms with Gasteiger partial charge in [-0.15, -0.1) is 0 Å². The van der Waals surface area contributed by atoms with Crippen molar-refractivity contribution in [3.63, 3.8) is 0 Å². The zero-order valence-electron chi connectivity index (χ0n) is 8.47. The van der Waals surface area contributed by atoms with Crippen LogP contribution >= 0.6 is 27.7 Å². The predicted molar refractivity (Wildman–Crippen MR) is 66.0 cm³/mol. The monoisotopic (exact) mass is 265 g/mol. The molecule has 0 bridgehead atoms. The molecule has 78 valence electrons. The zero-order valence-corrected chi connectivity index (χ0v) is 10.9. The number of unbranched alkanes of at least 4 members (excludes halogenated alkanes) is 2. The summed E-state index contributed by atoms with van der Waals surface area (Å²) in [4.78, 5) is 2.64. The second kappa shape index (κ2) is 7.13. The van der Waals surface area contributed by atoms with E-state index in [0.717, 1.165) is 6.04 Å². The van der Waals surface area contributed by atoms with Gasteiger partial charge in [0.05, 0.1) is 0 Å². The molecule has 1 nitrogen and oxygen atoms in total. The second-order valence-electron chi connectivity index (χ2n) is 3.71. The van der Waals surface area contributed by atoms with Crippen LogP contribution in [0.25, 0.3) is 0 Å². The van der Waals surface area contributed by atoms with Crippen LogP contribution < -0.4 is 0 Å². The third-order valence-corrected chi connectivity index (χ3v) is 4.33. The largest absolute Gasteiger partial charge is 0.299 e. The number of rotatable bonds is 5. The van der Waals surface area contributed by atoms with Crippen LogP contribution in [0.4, 0.5) is 0 Å². The van der Waals surface area contributed by atoms with Crippen LogP contribution in [0, 0.1) is 0 Å². The molecule has 1 aliphatic heterocycles. The van der Waals surface area contributed by atoms with Crippen molar-refractivity contribution in [1.82, 2.24) is 4.90 Å². The molecule has 1 aliphatic rings. The zero-order chi connectivity index (χ0) is 9.52. The Morgan fingerprint density at radius 2 is 2.23 bits per heavy atom. The highest BCUT2D eigenvalue weighted by atomic mass is 79.9. The fourth-order valence-electron chi connectivity index (χ4n) is 1.68. The Kier molecular flexibility index (Phi) is 6.51. The van der Waals surface area contributed by atoms with Crippen molar-refractivity contribution in [1.29, 1.82) is 0 Å². The fourth-order valence-corrected chi connectivity index (χ4v) is 3.16. The first-order valence-corrected chi connectivity index (χ1v) is 7.50. The highest BCUT2D eigenvalue weighted by molar-refractivity contribution is 9.09. The lowest BCUT2D eigenvalue weighted by atomic mass is 10.2. The molecule has 1 atom stereocenters. The molecule has 0 radical (unpaired) electrons. The Bertz CT molecular complexity index is 132. The van der Waals surface area contributed by atoms with Gasteiger partial charge >= 0.3 is 0 Å². The molecule has 13 heavy (non-hydrogen) atoms. The molecule has 1 unspecified atom stereocenters. The summed E-state index contributed by atoms with van der Waals surface area (Å²) in [6, 6.07) is 0.808. The van der Waals surface area contributed by atoms with Crippen molar-refractivity contribution in [2.24, 2.45) is 0 Å². The predicted octanol–water partition coefficient (Wildman–Crippen LogP) is 2.99. The quantitative estimate of drug-likeness (QED) is 0.556. The first-order valence-electron chi connectivity index (χ1n) is 5.22. The van der Waals surface area contributed by atoms with Crippen molar-refractivity contribution in [3.05, 3.63) is 0 Å². The number of thioether (sulfide) groups is 1. The molecule has 0 aromatic carbocycles. The van der Waals surface area contributed by atoms with Crippen LogP contribution in [0.3, 0.4) is 0 Å². The van der Waals surface area contributed by atoms with Gasteiger partial charge in [-0.2, -0.15) is 11.8 Å². The van der Waals surface area contributed by atoms with Crippen LogP contribution in [0.5, 0.6) is 0 Å². The molecule has 1 fully saturated rings. The van der Waals surface area contributed by atoms with Crippen molar-refractivity contribution in [2.75, 3.05) is 29.9 Å². The van der Waals surface area contributed by atoms with Gasteiger partial charge in [-0.3, -0.25) is 4.90 Å². The minimum absolute atomic E-state index is 0.808. The Morgan fingerprint density at radius 1 is 1.38 bits per heavy atom. The lowest BCUT2D eigenvalue weighted by molar-refractivity contribution is 0.228. The van der Waals surface area contributed by atoms with Gasteiger partial charge in [0.25, 0.3) is 0 Å². The molecule has 0 aromatic rings. The van der Waals surface area contributed by atoms with Crippen LogP contribution in [-0.4, -0.2) is 40.9 Å². The molecule has 0 aromatic heterocycles. The highest BCUT2D eigenvalue weighted by Crippen LogP contribution is 2.16. The smallest absolute Gasteiger partial charge is 0.0158 e. The van der Waals surface area contributed by atoms with E-state index in [1.54, 1.807) is 0 Å². The Balaban J connectivity index is 2.05. The number of halogens is 1. The van der Waals surface area contributed by atoms with E-state index in [9.17, 15) is 0 Å². The molecule has 0 amide bonds. The summed E-state index contributed by atoms with van der Waals surface area (Å²) < 4.78 is 0. The first-order chi connectivity index (χ1) is 6.34. The van der Waals surface area contributed by atoms with Gasteiger partial charge in [-0.05, 0) is 26.3 Å². The Labute approximate surface area is 94.8 Å². The molecule has 0 saturated carbocycles. The Morgan fingerprint density at radius 3 is 2.92 bits per heavy atom. The van der Waals surface area contributed by atoms with Gasteiger partial charge < -0.3 is 0 Å². The average Bonchev–Trinajstić information content (AvgIpc) is 2.15. The number of alkyl halides is 1. The van der Waals surface area contributed by atoms with E-state index >= 15 is 0 Å². The van der Waals surface area contributed by atoms with E-state index in [4.69, 9.17) is 0 Å². The number of nitrogens with zero attached hydrogens (tertiary/aromatic N) is 1. The molecular weight excluding hydrogens is 246 g/mol. The van der Waals surface area contributed by atoms with E-state index in [1.165, 1.54) is 49.2 Å². The van der Waals surface area contributed by atoms with Crippen molar-refractivity contribution in [2.45, 2.75) is 32.2 Å². The van der Waals surface area contributed by atoms with E-state index in [1.807, 2.05) is 0 Å². The maximum absolute atomic E-state index is 3.47. The summed E-state index contributed by atoms with van der Waals surface area (Å²) in [5, 5.41) is 1.17. The van der Waals surface area contributed by atoms with E-state index in [2.05, 4.69) is 39.5 Å². The topological polar surface area (TPSA) is 3.24 Å². The van der Waals surface area contributed by atoms with Crippen molar-refractivity contribution < 1.29 is 0 Å². The highest BCUT2D eigenvalue weighted by Gasteiger charge is 2.17. The van der Waals surface area contributed by atoms with Gasteiger partial charge in [0, 0.05) is 29.4 Å². The molecule has 0 aliphatic carbocycles. The Hall–Kier alpha value is 0.790. The number of hydrogen-bond donors (Lipinski definition) is 0. The van der Waals surface area contributed by atoms with Gasteiger partial charge in [0.1, 0.15) is 0 Å². The summed E-state index contributed by atoms with van der Waals surface area (Å²) in [7, 11) is 0. The standard InChI is InChI=1S/C10H20BrNS/c1-10-9-13-8-7-12(10)6-4-2-3-5-11/h10H,2-9H2,1H3. The van der Waals surface area contributed by atoms with Gasteiger partial charge in [-0.25, -0.2) is 0 Å². The van der Waals surface area contributed by atoms with E-state index in [0.29, 0.717) is 0 Å². The second-order valence-corrected chi connectivity index (χ2v) is 5.65. The van der Waals surface area contributed by atoms with Crippen LogP contribution in [0.1, 0.15) is 26.2 Å². The lowest BCUT2D eigenvalue weighted by Crippen LogP contribution is -2.40. The summed E-state index contributed by atoms with van der Waals surface area (Å²) in [6.07, 6.45) is 4.08. The fraction of sp³-hybridized carbons (Fsp3) is 1.00. The van der Waals surface area contributed by atoms with Crippen molar-refractivity contribution in [3.8, 4) is 0 Å². The molecule has 0 N–H and O–H groups in total. The van der Waals surface area contributed by atoms with E-state index < -0.39 is 0 Å². The van der Waals surface area contributed by atoms with Gasteiger partial charge in [0.15, 0.2) is 0 Å². The summed E-state index contributed by atoms with van der Waals surface area (Å²) in [6.45, 7) is 4.98. The van der Waals surface area contributed by atoms with Gasteiger partial charge in [0.2, 0.25) is 0 Å². The minimum atomic E-state index is 0.808. The summed E-state index contributed by atoms with van der Waals surface area (Å²) in [5.41, 5.74) is 0. The third-order valence-electron chi connectivity index (χ3n) is 2.58. The molecule has 1 rings (SSSR count). The van der Waals surface area contributed by atoms with Crippen LogP contribution in [0.2, 0.25) is 0 Å². The summed E-state index contributed by atoms with van der Waals surface area (Å²) in [5.74, 6) is 2.67. The normalized spacial score (nSPS) is 24.9. The number of hydrogen-bond acceptors (Lipinski definition) is 2. The SMILES string of the molecule is CC1CSCCN1CCCCCBr. The molecule has 3 heteroatoms. The maximum atomic E-state index is 3.47. The third kappa shape index (κ3) is 4.71. The first kappa shape index (κ1) is 11.9. The molecule has 0 spiro atoms. The summed E-state index contributed by atoms with van der Waals surface area (Å²) >= 11 is 5.57. The van der Waals surface area contributed by atoms with Gasteiger partial charge in [-0.1, -0.05) is 22.4 Å².